The van der Waals surface area contributed by atoms with Crippen molar-refractivity contribution < 1.29 is 0 Å². The second-order valence-electron chi connectivity index (χ2n) is 2.04. The third kappa shape index (κ3) is 2.29. The lowest BCUT2D eigenvalue weighted by Gasteiger charge is -2.05. The van der Waals surface area contributed by atoms with Gasteiger partial charge in [0.25, 0.3) is 0 Å². The van der Waals surface area contributed by atoms with Gasteiger partial charge in [0, 0.05) is 12.7 Å². The SMILES string of the molecule is CNC(=N)Nc1cc[c]cc1. The molecule has 0 fully saturated rings. The maximum atomic E-state index is 7.24. The molecule has 1 rings (SSSR count). The van der Waals surface area contributed by atoms with E-state index in [1.165, 1.54) is 0 Å². The zero-order valence-corrected chi connectivity index (χ0v) is 6.31. The van der Waals surface area contributed by atoms with Crippen LogP contribution < -0.4 is 10.6 Å². The Hall–Kier alpha value is -1.51. The highest BCUT2D eigenvalue weighted by Gasteiger charge is 1.90. The minimum atomic E-state index is 0.288. The lowest BCUT2D eigenvalue weighted by molar-refractivity contribution is 1.13. The number of hydrogen-bond donors (Lipinski definition) is 3. The van der Waals surface area contributed by atoms with Crippen molar-refractivity contribution in [1.82, 2.24) is 5.32 Å². The molecule has 0 aromatic heterocycles. The molecule has 1 radical (unpaired) electrons. The number of hydrogen-bond acceptors (Lipinski definition) is 1. The molecule has 3 nitrogen and oxygen atoms in total. The fraction of sp³-hybridized carbons (Fsp3) is 0.125. The van der Waals surface area contributed by atoms with E-state index in [9.17, 15) is 0 Å². The predicted molar refractivity (Wildman–Crippen MR) is 45.7 cm³/mol. The van der Waals surface area contributed by atoms with Gasteiger partial charge in [-0.15, -0.1) is 0 Å². The normalized spacial score (nSPS) is 8.82. The largest absolute Gasteiger partial charge is 0.359 e. The van der Waals surface area contributed by atoms with E-state index in [1.807, 2.05) is 12.1 Å². The number of anilines is 1. The zero-order valence-electron chi connectivity index (χ0n) is 6.31. The quantitative estimate of drug-likeness (QED) is 0.412. The molecule has 0 saturated carbocycles. The molecular formula is C8H10N3. The molecule has 0 aliphatic carbocycles. The molecule has 0 spiro atoms. The van der Waals surface area contributed by atoms with Crippen molar-refractivity contribution in [2.75, 3.05) is 12.4 Å². The molecule has 1 aromatic rings. The van der Waals surface area contributed by atoms with Crippen molar-refractivity contribution >= 4 is 11.6 Å². The maximum absolute atomic E-state index is 7.24. The Morgan fingerprint density at radius 2 is 2.09 bits per heavy atom. The Labute approximate surface area is 65.9 Å². The van der Waals surface area contributed by atoms with Gasteiger partial charge in [0.1, 0.15) is 0 Å². The van der Waals surface area contributed by atoms with Gasteiger partial charge < -0.3 is 10.6 Å². The topological polar surface area (TPSA) is 47.9 Å². The fourth-order valence-electron chi connectivity index (χ4n) is 0.677. The fourth-order valence-corrected chi connectivity index (χ4v) is 0.677. The second-order valence-corrected chi connectivity index (χ2v) is 2.04. The van der Waals surface area contributed by atoms with E-state index < -0.39 is 0 Å². The van der Waals surface area contributed by atoms with Gasteiger partial charge in [0.2, 0.25) is 0 Å². The molecule has 3 heteroatoms. The van der Waals surface area contributed by atoms with Crippen LogP contribution in [0.15, 0.2) is 24.3 Å². The van der Waals surface area contributed by atoms with E-state index in [0.717, 1.165) is 5.69 Å². The first-order valence-electron chi connectivity index (χ1n) is 3.32. The number of rotatable bonds is 1. The smallest absolute Gasteiger partial charge is 0.192 e. The highest BCUT2D eigenvalue weighted by molar-refractivity contribution is 5.90. The predicted octanol–water partition coefficient (Wildman–Crippen LogP) is 1.05. The highest BCUT2D eigenvalue weighted by atomic mass is 15.1. The van der Waals surface area contributed by atoms with Crippen molar-refractivity contribution in [1.29, 1.82) is 5.41 Å². The molecule has 1 aromatic carbocycles. The first kappa shape index (κ1) is 7.60. The Morgan fingerprint density at radius 3 is 2.64 bits per heavy atom. The molecule has 0 saturated heterocycles. The highest BCUT2D eigenvalue weighted by Crippen LogP contribution is 2.02. The molecule has 0 aliphatic heterocycles. The lowest BCUT2D eigenvalue weighted by atomic mass is 10.3. The summed E-state index contributed by atoms with van der Waals surface area (Å²) in [6, 6.07) is 10.2. The summed E-state index contributed by atoms with van der Waals surface area (Å²) in [6.07, 6.45) is 0. The van der Waals surface area contributed by atoms with Crippen molar-refractivity contribution in [3.05, 3.63) is 30.3 Å². The third-order valence-corrected chi connectivity index (χ3v) is 1.24. The van der Waals surface area contributed by atoms with E-state index in [-0.39, 0.29) is 5.96 Å². The van der Waals surface area contributed by atoms with Gasteiger partial charge in [-0.05, 0) is 18.2 Å². The Kier molecular flexibility index (Phi) is 2.49. The summed E-state index contributed by atoms with van der Waals surface area (Å²) in [5.41, 5.74) is 0.892. The standard InChI is InChI=1S/C8H10N3/c1-10-8(9)11-7-5-3-2-4-6-7/h3-6H,1H3,(H3,9,10,11). The molecule has 0 amide bonds. The average Bonchev–Trinajstić information content (AvgIpc) is 2.06. The Morgan fingerprint density at radius 1 is 1.45 bits per heavy atom. The minimum Gasteiger partial charge on any atom is -0.359 e. The van der Waals surface area contributed by atoms with Crippen molar-refractivity contribution in [3.63, 3.8) is 0 Å². The summed E-state index contributed by atoms with van der Waals surface area (Å²) in [5, 5.41) is 12.8. The van der Waals surface area contributed by atoms with Crippen LogP contribution >= 0.6 is 0 Å². The van der Waals surface area contributed by atoms with Crippen LogP contribution in [0.25, 0.3) is 0 Å². The van der Waals surface area contributed by atoms with Crippen LogP contribution in [0.3, 0.4) is 0 Å². The van der Waals surface area contributed by atoms with Crippen LogP contribution in [0, 0.1) is 11.5 Å². The van der Waals surface area contributed by atoms with E-state index in [0.29, 0.717) is 0 Å². The van der Waals surface area contributed by atoms with Gasteiger partial charge in [-0.25, -0.2) is 0 Å². The van der Waals surface area contributed by atoms with Crippen molar-refractivity contribution in [3.8, 4) is 0 Å². The monoisotopic (exact) mass is 148 g/mol. The van der Waals surface area contributed by atoms with Crippen LogP contribution in [0.2, 0.25) is 0 Å². The van der Waals surface area contributed by atoms with Crippen molar-refractivity contribution in [2.24, 2.45) is 0 Å². The van der Waals surface area contributed by atoms with Gasteiger partial charge in [-0.1, -0.05) is 12.1 Å². The summed E-state index contributed by atoms with van der Waals surface area (Å²) in [7, 11) is 1.70. The molecule has 0 bridgehead atoms. The molecule has 0 atom stereocenters. The molecular weight excluding hydrogens is 138 g/mol. The summed E-state index contributed by atoms with van der Waals surface area (Å²) in [6.45, 7) is 0. The zero-order chi connectivity index (χ0) is 8.10. The Balaban J connectivity index is 2.58. The van der Waals surface area contributed by atoms with Gasteiger partial charge in [0.05, 0.1) is 0 Å². The first-order valence-corrected chi connectivity index (χ1v) is 3.32. The molecule has 11 heavy (non-hydrogen) atoms. The third-order valence-electron chi connectivity index (χ3n) is 1.24. The first-order chi connectivity index (χ1) is 5.33. The van der Waals surface area contributed by atoms with Gasteiger partial charge >= 0.3 is 0 Å². The molecule has 0 unspecified atom stereocenters. The summed E-state index contributed by atoms with van der Waals surface area (Å²) >= 11 is 0. The lowest BCUT2D eigenvalue weighted by Crippen LogP contribution is -2.25. The van der Waals surface area contributed by atoms with Crippen LogP contribution in [-0.4, -0.2) is 13.0 Å². The summed E-state index contributed by atoms with van der Waals surface area (Å²) in [5.74, 6) is 0.288. The van der Waals surface area contributed by atoms with Gasteiger partial charge in [0.15, 0.2) is 5.96 Å². The molecule has 57 valence electrons. The summed E-state index contributed by atoms with van der Waals surface area (Å²) < 4.78 is 0. The van der Waals surface area contributed by atoms with Crippen LogP contribution in [0.5, 0.6) is 0 Å². The van der Waals surface area contributed by atoms with E-state index in [1.54, 1.807) is 19.2 Å². The number of guanidine groups is 1. The Bertz CT molecular complexity index is 230. The van der Waals surface area contributed by atoms with Gasteiger partial charge in [-0.2, -0.15) is 0 Å². The van der Waals surface area contributed by atoms with Crippen LogP contribution in [0.1, 0.15) is 0 Å². The number of benzene rings is 1. The molecule has 0 aliphatic rings. The molecule has 3 N–H and O–H groups in total. The van der Waals surface area contributed by atoms with Crippen LogP contribution in [-0.2, 0) is 0 Å². The average molecular weight is 148 g/mol. The van der Waals surface area contributed by atoms with E-state index in [2.05, 4.69) is 16.7 Å². The van der Waals surface area contributed by atoms with E-state index in [4.69, 9.17) is 5.41 Å². The maximum Gasteiger partial charge on any atom is 0.192 e. The van der Waals surface area contributed by atoms with Crippen molar-refractivity contribution in [2.45, 2.75) is 0 Å². The van der Waals surface area contributed by atoms with E-state index >= 15 is 0 Å². The molecule has 0 heterocycles. The minimum absolute atomic E-state index is 0.288. The second kappa shape index (κ2) is 3.61. The summed E-state index contributed by atoms with van der Waals surface area (Å²) in [4.78, 5) is 0. The van der Waals surface area contributed by atoms with Crippen LogP contribution in [0.4, 0.5) is 5.69 Å². The van der Waals surface area contributed by atoms with Gasteiger partial charge in [-0.3, -0.25) is 5.41 Å². The number of nitrogens with one attached hydrogen (secondary N) is 3.